The van der Waals surface area contributed by atoms with Crippen molar-refractivity contribution in [2.24, 2.45) is 0 Å². The summed E-state index contributed by atoms with van der Waals surface area (Å²) in [5, 5.41) is 3.81. The molecule has 5 nitrogen and oxygen atoms in total. The average molecular weight is 183 g/mol. The van der Waals surface area contributed by atoms with Crippen molar-refractivity contribution in [3.05, 3.63) is 16.9 Å². The van der Waals surface area contributed by atoms with Crippen LogP contribution in [0.25, 0.3) is 0 Å². The largest absolute Gasteiger partial charge is 0.438 e. The summed E-state index contributed by atoms with van der Waals surface area (Å²) in [5.41, 5.74) is 0. The van der Waals surface area contributed by atoms with E-state index in [0.717, 1.165) is 13.1 Å². The number of rotatable bonds is 2. The minimum atomic E-state index is -0.370. The first-order valence-electron chi connectivity index (χ1n) is 4.59. The molecule has 0 unspecified atom stereocenters. The molecule has 13 heavy (non-hydrogen) atoms. The van der Waals surface area contributed by atoms with Crippen molar-refractivity contribution in [2.45, 2.75) is 25.9 Å². The van der Waals surface area contributed by atoms with Crippen LogP contribution in [0.3, 0.4) is 0 Å². The lowest BCUT2D eigenvalue weighted by atomic mass is 10.1. The number of aromatic nitrogens is 2. The van der Waals surface area contributed by atoms with Gasteiger partial charge in [-0.15, -0.1) is 5.10 Å². The van der Waals surface area contributed by atoms with Crippen LogP contribution >= 0.6 is 0 Å². The Kier molecular flexibility index (Phi) is 2.44. The highest BCUT2D eigenvalue weighted by molar-refractivity contribution is 4.62. The molecule has 1 aromatic rings. The van der Waals surface area contributed by atoms with Crippen LogP contribution in [0.2, 0.25) is 0 Å². The van der Waals surface area contributed by atoms with Crippen molar-refractivity contribution in [3.63, 3.8) is 0 Å². The Hall–Kier alpha value is -1.10. The second-order valence-corrected chi connectivity index (χ2v) is 3.32. The van der Waals surface area contributed by atoms with Crippen molar-refractivity contribution in [1.29, 1.82) is 0 Å². The normalized spacial score (nSPS) is 19.1. The molecule has 0 amide bonds. The molecule has 1 aromatic heterocycles. The van der Waals surface area contributed by atoms with Crippen LogP contribution < -0.4 is 5.76 Å². The smallest absolute Gasteiger partial charge is 0.395 e. The van der Waals surface area contributed by atoms with Crippen molar-refractivity contribution in [2.75, 3.05) is 13.1 Å². The van der Waals surface area contributed by atoms with E-state index in [-0.39, 0.29) is 5.76 Å². The van der Waals surface area contributed by atoms with Crippen molar-refractivity contribution >= 4 is 0 Å². The van der Waals surface area contributed by atoms with Gasteiger partial charge >= 0.3 is 5.76 Å². The second kappa shape index (κ2) is 3.74. The summed E-state index contributed by atoms with van der Waals surface area (Å²) in [7, 11) is 0. The standard InChI is InChI=1S/C8H13N3O2/c12-8-11(9-6-13-8)7-10-4-2-1-3-5-10/h6H,1-5,7H2. The van der Waals surface area contributed by atoms with E-state index in [0.29, 0.717) is 6.67 Å². The van der Waals surface area contributed by atoms with Gasteiger partial charge in [0.15, 0.2) is 0 Å². The van der Waals surface area contributed by atoms with Crippen LogP contribution in [0, 0.1) is 0 Å². The van der Waals surface area contributed by atoms with E-state index in [4.69, 9.17) is 0 Å². The van der Waals surface area contributed by atoms with Crippen LogP contribution in [0.4, 0.5) is 0 Å². The minimum absolute atomic E-state index is 0.370. The molecule has 72 valence electrons. The van der Waals surface area contributed by atoms with Gasteiger partial charge in [-0.1, -0.05) is 6.42 Å². The van der Waals surface area contributed by atoms with Gasteiger partial charge in [0.05, 0.1) is 0 Å². The van der Waals surface area contributed by atoms with Crippen molar-refractivity contribution in [3.8, 4) is 0 Å². The summed E-state index contributed by atoms with van der Waals surface area (Å²) < 4.78 is 5.93. The predicted molar refractivity (Wildman–Crippen MR) is 46.2 cm³/mol. The maximum absolute atomic E-state index is 11.0. The first kappa shape index (κ1) is 8.50. The Morgan fingerprint density at radius 2 is 2.15 bits per heavy atom. The van der Waals surface area contributed by atoms with Gasteiger partial charge in [-0.2, -0.15) is 4.68 Å². The van der Waals surface area contributed by atoms with Gasteiger partial charge in [0, 0.05) is 0 Å². The third-order valence-electron chi connectivity index (χ3n) is 2.33. The topological polar surface area (TPSA) is 51.3 Å². The van der Waals surface area contributed by atoms with Crippen molar-refractivity contribution in [1.82, 2.24) is 14.7 Å². The zero-order valence-corrected chi connectivity index (χ0v) is 7.48. The Labute approximate surface area is 75.9 Å². The lowest BCUT2D eigenvalue weighted by Crippen LogP contribution is -2.35. The lowest BCUT2D eigenvalue weighted by molar-refractivity contribution is 0.168. The van der Waals surface area contributed by atoms with Crippen molar-refractivity contribution < 1.29 is 4.42 Å². The molecule has 1 fully saturated rings. The molecule has 0 bridgehead atoms. The highest BCUT2D eigenvalue weighted by Crippen LogP contribution is 2.08. The molecule has 1 aliphatic rings. The van der Waals surface area contributed by atoms with Crippen LogP contribution in [0.5, 0.6) is 0 Å². The minimum Gasteiger partial charge on any atom is -0.395 e. The summed E-state index contributed by atoms with van der Waals surface area (Å²) in [6, 6.07) is 0. The van der Waals surface area contributed by atoms with E-state index in [9.17, 15) is 4.79 Å². The molecule has 2 heterocycles. The Balaban J connectivity index is 1.97. The molecule has 1 saturated heterocycles. The number of nitrogens with zero attached hydrogens (tertiary/aromatic N) is 3. The number of hydrogen-bond acceptors (Lipinski definition) is 4. The second-order valence-electron chi connectivity index (χ2n) is 3.32. The third kappa shape index (κ3) is 1.98. The van der Waals surface area contributed by atoms with Gasteiger partial charge in [-0.25, -0.2) is 4.79 Å². The maximum atomic E-state index is 11.0. The summed E-state index contributed by atoms with van der Waals surface area (Å²) in [6.07, 6.45) is 4.91. The molecule has 0 atom stereocenters. The monoisotopic (exact) mass is 183 g/mol. The fourth-order valence-corrected chi connectivity index (χ4v) is 1.62. The molecular weight excluding hydrogens is 170 g/mol. The van der Waals surface area contributed by atoms with Gasteiger partial charge in [-0.3, -0.25) is 4.90 Å². The van der Waals surface area contributed by atoms with Gasteiger partial charge in [0.25, 0.3) is 0 Å². The molecular formula is C8H13N3O2. The SMILES string of the molecule is O=c1ocnn1CN1CCCCC1. The number of hydrogen-bond donors (Lipinski definition) is 0. The van der Waals surface area contributed by atoms with E-state index in [1.165, 1.54) is 30.3 Å². The van der Waals surface area contributed by atoms with Crippen LogP contribution in [-0.2, 0) is 6.67 Å². The molecule has 2 rings (SSSR count). The summed E-state index contributed by atoms with van der Waals surface area (Å²) in [6.45, 7) is 2.67. The zero-order chi connectivity index (χ0) is 9.10. The fourth-order valence-electron chi connectivity index (χ4n) is 1.62. The quantitative estimate of drug-likeness (QED) is 0.660. The number of piperidine rings is 1. The highest BCUT2D eigenvalue weighted by Gasteiger charge is 2.11. The maximum Gasteiger partial charge on any atom is 0.438 e. The van der Waals surface area contributed by atoms with E-state index in [2.05, 4.69) is 14.4 Å². The van der Waals surface area contributed by atoms with E-state index < -0.39 is 0 Å². The Bertz CT molecular complexity index is 311. The first-order valence-corrected chi connectivity index (χ1v) is 4.59. The Morgan fingerprint density at radius 1 is 1.38 bits per heavy atom. The molecule has 0 N–H and O–H groups in total. The van der Waals surface area contributed by atoms with E-state index in [1.54, 1.807) is 0 Å². The zero-order valence-electron chi connectivity index (χ0n) is 7.48. The number of likely N-dealkylation sites (tertiary alicyclic amines) is 1. The summed E-state index contributed by atoms with van der Waals surface area (Å²) in [4.78, 5) is 13.2. The molecule has 1 aliphatic heterocycles. The molecule has 0 aromatic carbocycles. The highest BCUT2D eigenvalue weighted by atomic mass is 16.4. The third-order valence-corrected chi connectivity index (χ3v) is 2.33. The predicted octanol–water partition coefficient (Wildman–Crippen LogP) is 0.280. The van der Waals surface area contributed by atoms with Crippen LogP contribution in [0.15, 0.2) is 15.6 Å². The summed E-state index contributed by atoms with van der Waals surface area (Å²) in [5.74, 6) is -0.370. The summed E-state index contributed by atoms with van der Waals surface area (Å²) >= 11 is 0. The van der Waals surface area contributed by atoms with E-state index >= 15 is 0 Å². The molecule has 0 aliphatic carbocycles. The van der Waals surface area contributed by atoms with Gasteiger partial charge in [0.1, 0.15) is 6.67 Å². The molecule has 5 heteroatoms. The fraction of sp³-hybridized carbons (Fsp3) is 0.750. The van der Waals surface area contributed by atoms with E-state index in [1.807, 2.05) is 0 Å². The first-order chi connectivity index (χ1) is 6.36. The molecule has 0 saturated carbocycles. The van der Waals surface area contributed by atoms with Gasteiger partial charge in [0.2, 0.25) is 6.39 Å². The average Bonchev–Trinajstić information content (AvgIpc) is 2.54. The Morgan fingerprint density at radius 3 is 2.77 bits per heavy atom. The van der Waals surface area contributed by atoms with Crippen LogP contribution in [-0.4, -0.2) is 27.8 Å². The lowest BCUT2D eigenvalue weighted by Gasteiger charge is -2.25. The van der Waals surface area contributed by atoms with Crippen LogP contribution in [0.1, 0.15) is 19.3 Å². The molecule has 0 radical (unpaired) electrons. The van der Waals surface area contributed by atoms with Gasteiger partial charge < -0.3 is 4.42 Å². The molecule has 0 spiro atoms. The van der Waals surface area contributed by atoms with Gasteiger partial charge in [-0.05, 0) is 25.9 Å².